The van der Waals surface area contributed by atoms with Crippen LogP contribution >= 0.6 is 23.2 Å². The van der Waals surface area contributed by atoms with E-state index in [1.165, 1.54) is 15.9 Å². The fourth-order valence-electron chi connectivity index (χ4n) is 7.45. The summed E-state index contributed by atoms with van der Waals surface area (Å²) in [5, 5.41) is 14.8. The lowest BCUT2D eigenvalue weighted by Crippen LogP contribution is -2.56. The summed E-state index contributed by atoms with van der Waals surface area (Å²) < 4.78 is 72.0. The molecule has 0 spiro atoms. The summed E-state index contributed by atoms with van der Waals surface area (Å²) in [5.41, 5.74) is 5.16. The lowest BCUT2D eigenvalue weighted by Gasteiger charge is -2.45. The van der Waals surface area contributed by atoms with Crippen LogP contribution < -0.4 is 36.0 Å². The van der Waals surface area contributed by atoms with Crippen molar-refractivity contribution in [2.75, 3.05) is 56.4 Å². The Morgan fingerprint density at radius 3 is 1.57 bits per heavy atom. The average Bonchev–Trinajstić information content (AvgIpc) is 3.24. The van der Waals surface area contributed by atoms with E-state index in [1.54, 1.807) is 54.9 Å². The van der Waals surface area contributed by atoms with E-state index in [2.05, 4.69) is 41.2 Å². The molecule has 0 radical (unpaired) electrons. The van der Waals surface area contributed by atoms with Crippen molar-refractivity contribution in [2.24, 2.45) is 11.7 Å². The number of nitrogens with zero attached hydrogens (tertiary/aromatic N) is 8. The van der Waals surface area contributed by atoms with Crippen LogP contribution in [0.25, 0.3) is 0 Å². The number of aromatic carboxylic acids is 1. The molecule has 4 atom stereocenters. The number of carbonyl (C=O) groups excluding carboxylic acids is 3. The van der Waals surface area contributed by atoms with Gasteiger partial charge in [0.05, 0.1) is 45.5 Å². The van der Waals surface area contributed by atoms with Gasteiger partial charge in [-0.3, -0.25) is 25.2 Å². The first-order chi connectivity index (χ1) is 30.6. The number of ketones is 1. The van der Waals surface area contributed by atoms with E-state index >= 15 is 0 Å². The summed E-state index contributed by atoms with van der Waals surface area (Å²) in [4.78, 5) is 74.0. The Hall–Kier alpha value is -6.00. The van der Waals surface area contributed by atoms with E-state index in [1.807, 2.05) is 4.90 Å². The molecule has 4 aliphatic rings. The second-order valence-corrected chi connectivity index (χ2v) is 16.4. The Labute approximate surface area is 378 Å². The van der Waals surface area contributed by atoms with Crippen LogP contribution in [0.4, 0.5) is 70.6 Å². The summed E-state index contributed by atoms with van der Waals surface area (Å²) in [6, 6.07) is 10.5. The molecule has 0 aromatic carbocycles. The van der Waals surface area contributed by atoms with Gasteiger partial charge in [-0.15, -0.1) is 0 Å². The number of aromatic nitrogens is 4. The van der Waals surface area contributed by atoms with Crippen molar-refractivity contribution in [2.45, 2.75) is 76.4 Å². The van der Waals surface area contributed by atoms with Crippen molar-refractivity contribution in [1.82, 2.24) is 19.9 Å². The van der Waals surface area contributed by atoms with Gasteiger partial charge in [-0.05, 0) is 69.0 Å². The van der Waals surface area contributed by atoms with Gasteiger partial charge in [0.1, 0.15) is 17.3 Å². The molecule has 24 heteroatoms. The standard InChI is InChI=1S/C21H21ClF3N5O2.C17H16ClN5O3.C3H6F3N/c1-12(21(23,24)25)9-16(31)18-14(22)10-15-19(28-18)30(13-5-4-8-29(15)11-13)20(32)27-17-6-2-3-7-26-17;18-11-8-12-15(21-14(11)16(24)25)23(10-4-3-7-22(12)9-10)17(26)20-13-5-1-2-6-19-13;1-2(7)3(4,5)6/h2-3,6-7,10,12-13H,4-5,8-9,11H2,1H3,(H,26,27,32);1-2,5-6,8,10H,3-4,7,9H2,(H,24,25)(H,19,20,26);2H,7H2,1H3/t12-,13-;10-;2-/m001/s1. The molecule has 4 amide bonds. The number of alkyl halides is 6. The van der Waals surface area contributed by atoms with Gasteiger partial charge < -0.3 is 20.6 Å². The fraction of sp³-hybridized carbons (Fsp3) is 0.415. The topological polar surface area (TPSA) is 203 Å². The smallest absolute Gasteiger partial charge is 0.403 e. The van der Waals surface area contributed by atoms with Crippen LogP contribution in [0.2, 0.25) is 10.0 Å². The third-order valence-electron chi connectivity index (χ3n) is 10.8. The number of anilines is 6. The highest BCUT2D eigenvalue weighted by Gasteiger charge is 2.42. The Balaban J connectivity index is 0.000000191. The molecule has 2 fully saturated rings. The van der Waals surface area contributed by atoms with E-state index in [0.717, 1.165) is 52.6 Å². The fourth-order valence-corrected chi connectivity index (χ4v) is 7.92. The third-order valence-corrected chi connectivity index (χ3v) is 11.4. The molecule has 0 aliphatic carbocycles. The maximum atomic E-state index is 13.2. The SMILES string of the molecule is C[C@@H](CC(=O)c1nc2c(cc1Cl)N1CCC[C@@H](C1)N2C(=O)Nc1ccccn1)C(F)(F)F.C[C@@H](N)C(F)(F)F.O=C(O)c1nc2c(cc1Cl)N1CCC[C@@H](C1)N2C(=O)Nc1ccccn1. The third kappa shape index (κ3) is 11.5. The minimum atomic E-state index is -4.51. The molecule has 16 nitrogen and oxygen atoms in total. The highest BCUT2D eigenvalue weighted by atomic mass is 35.5. The predicted octanol–water partition coefficient (Wildman–Crippen LogP) is 8.67. The molecule has 4 aromatic heterocycles. The van der Waals surface area contributed by atoms with Gasteiger partial charge in [0.2, 0.25) is 0 Å². The Morgan fingerprint density at radius 1 is 0.754 bits per heavy atom. The number of piperidine rings is 2. The number of pyridine rings is 4. The summed E-state index contributed by atoms with van der Waals surface area (Å²) >= 11 is 12.4. The van der Waals surface area contributed by atoms with Crippen molar-refractivity contribution in [3.63, 3.8) is 0 Å². The lowest BCUT2D eigenvalue weighted by molar-refractivity contribution is -0.168. The molecule has 2 saturated heterocycles. The van der Waals surface area contributed by atoms with E-state index in [0.29, 0.717) is 41.9 Å². The quantitative estimate of drug-likeness (QED) is 0.106. The Bertz CT molecular complexity index is 2380. The second-order valence-electron chi connectivity index (χ2n) is 15.5. The Kier molecular flexibility index (Phi) is 14.9. The molecule has 0 saturated carbocycles. The molecule has 4 aliphatic heterocycles. The highest BCUT2D eigenvalue weighted by Crippen LogP contribution is 2.42. The number of rotatable bonds is 6. The monoisotopic (exact) mass is 953 g/mol. The first-order valence-electron chi connectivity index (χ1n) is 20.2. The van der Waals surface area contributed by atoms with Gasteiger partial charge in [0.25, 0.3) is 0 Å². The van der Waals surface area contributed by atoms with Gasteiger partial charge in [-0.1, -0.05) is 42.3 Å². The average molecular weight is 955 g/mol. The molecule has 65 heavy (non-hydrogen) atoms. The number of fused-ring (bicyclic) bond motifs is 8. The van der Waals surface area contributed by atoms with Gasteiger partial charge >= 0.3 is 30.4 Å². The van der Waals surface area contributed by atoms with Crippen LogP contribution in [0.15, 0.2) is 60.9 Å². The summed E-state index contributed by atoms with van der Waals surface area (Å²) in [5.74, 6) is -2.59. The van der Waals surface area contributed by atoms with Crippen LogP contribution in [-0.2, 0) is 0 Å². The number of carbonyl (C=O) groups is 4. The zero-order valence-electron chi connectivity index (χ0n) is 34.7. The predicted molar refractivity (Wildman–Crippen MR) is 231 cm³/mol. The second kappa shape index (κ2) is 20.0. The Morgan fingerprint density at radius 2 is 1.18 bits per heavy atom. The molecule has 8 rings (SSSR count). The molecular formula is C41H43Cl2F6N11O5. The van der Waals surface area contributed by atoms with E-state index in [9.17, 15) is 50.6 Å². The number of hydrogen-bond donors (Lipinski definition) is 4. The van der Waals surface area contributed by atoms with E-state index < -0.39 is 48.5 Å². The number of amides is 4. The van der Waals surface area contributed by atoms with Crippen LogP contribution in [0.1, 0.15) is 66.9 Å². The van der Waals surface area contributed by atoms with Crippen molar-refractivity contribution < 1.29 is 50.6 Å². The summed E-state index contributed by atoms with van der Waals surface area (Å²) in [6.07, 6.45) is -3.06. The van der Waals surface area contributed by atoms with Crippen LogP contribution in [0, 0.1) is 5.92 Å². The van der Waals surface area contributed by atoms with Crippen molar-refractivity contribution in [3.05, 3.63) is 82.4 Å². The van der Waals surface area contributed by atoms with Crippen molar-refractivity contribution in [1.29, 1.82) is 0 Å². The van der Waals surface area contributed by atoms with Crippen LogP contribution in [0.5, 0.6) is 0 Å². The van der Waals surface area contributed by atoms with Gasteiger partial charge in [0.15, 0.2) is 23.1 Å². The van der Waals surface area contributed by atoms with Gasteiger partial charge in [0, 0.05) is 45.0 Å². The van der Waals surface area contributed by atoms with Gasteiger partial charge in [-0.2, -0.15) is 26.3 Å². The van der Waals surface area contributed by atoms with E-state index in [4.69, 9.17) is 23.2 Å². The molecule has 8 heterocycles. The van der Waals surface area contributed by atoms with Crippen molar-refractivity contribution >= 4 is 81.7 Å². The maximum Gasteiger partial charge on any atom is 0.403 e. The number of carboxylic acids is 1. The molecule has 348 valence electrons. The van der Waals surface area contributed by atoms with Crippen LogP contribution in [0.3, 0.4) is 0 Å². The zero-order chi connectivity index (χ0) is 47.4. The number of urea groups is 2. The number of Topliss-reactive ketones (excluding diaryl/α,β-unsaturated/α-hetero) is 1. The number of nitrogens with two attached hydrogens (primary N) is 1. The van der Waals surface area contributed by atoms with Gasteiger partial charge in [-0.25, -0.2) is 34.3 Å². The number of nitrogens with one attached hydrogen (secondary N) is 2. The summed E-state index contributed by atoms with van der Waals surface area (Å²) in [6.45, 7) is 4.62. The van der Waals surface area contributed by atoms with Crippen molar-refractivity contribution in [3.8, 4) is 0 Å². The summed E-state index contributed by atoms with van der Waals surface area (Å²) in [7, 11) is 0. The number of carboxylic acid groups (broad SMARTS) is 1. The minimum Gasteiger partial charge on any atom is -0.476 e. The van der Waals surface area contributed by atoms with Crippen LogP contribution in [-0.4, -0.2) is 106 Å². The van der Waals surface area contributed by atoms with E-state index in [-0.39, 0.29) is 45.4 Å². The largest absolute Gasteiger partial charge is 0.476 e. The number of halogens is 8. The molecule has 4 aromatic rings. The molecule has 5 N–H and O–H groups in total. The first kappa shape index (κ1) is 48.5. The number of hydrogen-bond acceptors (Lipinski definition) is 11. The zero-order valence-corrected chi connectivity index (χ0v) is 36.2. The minimum absolute atomic E-state index is 0.0303. The lowest BCUT2D eigenvalue weighted by atomic mass is 9.98. The normalized spacial score (nSPS) is 18.3. The molecule has 4 bridgehead atoms. The molecular weight excluding hydrogens is 911 g/mol. The highest BCUT2D eigenvalue weighted by molar-refractivity contribution is 6.34. The maximum absolute atomic E-state index is 13.2. The molecule has 0 unspecified atom stereocenters. The first-order valence-corrected chi connectivity index (χ1v) is 21.0.